The monoisotopic (exact) mass is 499 g/mol. The Morgan fingerprint density at radius 3 is 2.47 bits per heavy atom. The van der Waals surface area contributed by atoms with E-state index in [1.54, 1.807) is 6.07 Å². The lowest BCUT2D eigenvalue weighted by Gasteiger charge is -2.47. The minimum Gasteiger partial charge on any atom is -0.352 e. The van der Waals surface area contributed by atoms with Gasteiger partial charge in [0, 0.05) is 39.8 Å². The standard InChI is InChI=1S/C27H31Cl2N3O2/c28-19-7-4-6-18(14-19)16-27(23-13-12-20(29)15-24(23)31-26(27)34)32(22-10-5-11-22)17-25(33)30-21-8-2-1-3-9-21/h4,6-7,12-15,21-22H,1-3,5,8-11,16-17H2,(H,30,33)(H,31,34). The second kappa shape index (κ2) is 9.88. The van der Waals surface area contributed by atoms with Gasteiger partial charge in [0.2, 0.25) is 11.8 Å². The highest BCUT2D eigenvalue weighted by Gasteiger charge is 2.54. The molecule has 2 fully saturated rings. The van der Waals surface area contributed by atoms with E-state index in [2.05, 4.69) is 15.5 Å². The van der Waals surface area contributed by atoms with Crippen LogP contribution in [-0.4, -0.2) is 35.3 Å². The summed E-state index contributed by atoms with van der Waals surface area (Å²) in [5.41, 5.74) is 1.55. The Morgan fingerprint density at radius 2 is 1.76 bits per heavy atom. The number of fused-ring (bicyclic) bond motifs is 1. The summed E-state index contributed by atoms with van der Waals surface area (Å²) in [5.74, 6) is -0.110. The van der Waals surface area contributed by atoms with Crippen molar-refractivity contribution in [3.8, 4) is 0 Å². The van der Waals surface area contributed by atoms with Crippen LogP contribution in [0.15, 0.2) is 42.5 Å². The van der Waals surface area contributed by atoms with Gasteiger partial charge in [-0.15, -0.1) is 0 Å². The second-order valence-electron chi connectivity index (χ2n) is 9.93. The van der Waals surface area contributed by atoms with E-state index in [-0.39, 0.29) is 30.4 Å². The molecule has 2 amide bonds. The lowest BCUT2D eigenvalue weighted by Crippen LogP contribution is -2.61. The Hall–Kier alpha value is -2.08. The average molecular weight is 500 g/mol. The number of amides is 2. The van der Waals surface area contributed by atoms with Gasteiger partial charge in [0.1, 0.15) is 5.54 Å². The van der Waals surface area contributed by atoms with Crippen LogP contribution >= 0.6 is 23.2 Å². The Bertz CT molecular complexity index is 1080. The number of hydrogen-bond donors (Lipinski definition) is 2. The predicted molar refractivity (Wildman–Crippen MR) is 136 cm³/mol. The summed E-state index contributed by atoms with van der Waals surface area (Å²) in [5, 5.41) is 7.54. The maximum Gasteiger partial charge on any atom is 0.249 e. The summed E-state index contributed by atoms with van der Waals surface area (Å²) >= 11 is 12.6. The third kappa shape index (κ3) is 4.58. The fraction of sp³-hybridized carbons (Fsp3) is 0.481. The molecule has 5 rings (SSSR count). The molecule has 1 heterocycles. The van der Waals surface area contributed by atoms with Crippen molar-refractivity contribution in [1.82, 2.24) is 10.2 Å². The van der Waals surface area contributed by atoms with Crippen LogP contribution in [0.2, 0.25) is 10.0 Å². The number of benzene rings is 2. The highest BCUT2D eigenvalue weighted by molar-refractivity contribution is 6.31. The van der Waals surface area contributed by atoms with Gasteiger partial charge in [0.15, 0.2) is 0 Å². The van der Waals surface area contributed by atoms with Crippen LogP contribution in [0.4, 0.5) is 5.69 Å². The minimum absolute atomic E-state index is 0.000479. The van der Waals surface area contributed by atoms with E-state index in [0.29, 0.717) is 16.5 Å². The summed E-state index contributed by atoms with van der Waals surface area (Å²) in [6.07, 6.45) is 9.11. The van der Waals surface area contributed by atoms with Gasteiger partial charge >= 0.3 is 0 Å². The van der Waals surface area contributed by atoms with Gasteiger partial charge in [0.25, 0.3) is 0 Å². The van der Waals surface area contributed by atoms with Crippen LogP contribution < -0.4 is 10.6 Å². The van der Waals surface area contributed by atoms with Gasteiger partial charge in [-0.25, -0.2) is 0 Å². The molecule has 3 aliphatic rings. The topological polar surface area (TPSA) is 61.4 Å². The first-order chi connectivity index (χ1) is 16.5. The molecule has 2 aromatic rings. The van der Waals surface area contributed by atoms with Gasteiger partial charge in [0.05, 0.1) is 6.54 Å². The molecular weight excluding hydrogens is 469 g/mol. The fourth-order valence-corrected chi connectivity index (χ4v) is 6.17. The molecule has 5 nitrogen and oxygen atoms in total. The predicted octanol–water partition coefficient (Wildman–Crippen LogP) is 5.69. The first-order valence-electron chi connectivity index (χ1n) is 12.4. The molecule has 1 aliphatic heterocycles. The first-order valence-corrected chi connectivity index (χ1v) is 13.1. The normalized spacial score (nSPS) is 22.9. The maximum atomic E-state index is 13.9. The Morgan fingerprint density at radius 1 is 1.00 bits per heavy atom. The molecule has 1 unspecified atom stereocenters. The fourth-order valence-electron chi connectivity index (χ4n) is 5.78. The summed E-state index contributed by atoms with van der Waals surface area (Å²) in [4.78, 5) is 29.3. The molecule has 1 atom stereocenters. The molecule has 2 aliphatic carbocycles. The molecule has 0 spiro atoms. The van der Waals surface area contributed by atoms with Crippen molar-refractivity contribution in [2.24, 2.45) is 0 Å². The van der Waals surface area contributed by atoms with E-state index >= 15 is 0 Å². The highest BCUT2D eigenvalue weighted by Crippen LogP contribution is 2.47. The quantitative estimate of drug-likeness (QED) is 0.514. The van der Waals surface area contributed by atoms with Gasteiger partial charge in [-0.05, 0) is 55.5 Å². The van der Waals surface area contributed by atoms with E-state index in [9.17, 15) is 9.59 Å². The molecule has 7 heteroatoms. The number of anilines is 1. The van der Waals surface area contributed by atoms with Crippen molar-refractivity contribution in [2.45, 2.75) is 75.4 Å². The smallest absolute Gasteiger partial charge is 0.249 e. The molecular formula is C27H31Cl2N3O2. The molecule has 0 aromatic heterocycles. The summed E-state index contributed by atoms with van der Waals surface area (Å²) in [7, 11) is 0. The molecule has 2 aromatic carbocycles. The zero-order valence-corrected chi connectivity index (χ0v) is 20.8. The average Bonchev–Trinajstić information content (AvgIpc) is 3.03. The lowest BCUT2D eigenvalue weighted by atomic mass is 9.78. The Labute approximate surface area is 211 Å². The van der Waals surface area contributed by atoms with Crippen molar-refractivity contribution in [1.29, 1.82) is 0 Å². The van der Waals surface area contributed by atoms with Crippen LogP contribution in [0.3, 0.4) is 0 Å². The summed E-state index contributed by atoms with van der Waals surface area (Å²) in [6, 6.07) is 13.6. The Balaban J connectivity index is 1.53. The lowest BCUT2D eigenvalue weighted by molar-refractivity contribution is -0.136. The molecule has 0 saturated heterocycles. The SMILES string of the molecule is O=C(CN(C1CCC1)C1(Cc2cccc(Cl)c2)C(=O)Nc2cc(Cl)ccc21)NC1CCCCC1. The molecule has 34 heavy (non-hydrogen) atoms. The third-order valence-electron chi connectivity index (χ3n) is 7.69. The van der Waals surface area contributed by atoms with Gasteiger partial charge in [-0.2, -0.15) is 0 Å². The van der Waals surface area contributed by atoms with Crippen LogP contribution in [0.5, 0.6) is 0 Å². The largest absolute Gasteiger partial charge is 0.352 e. The minimum atomic E-state index is -1.00. The van der Waals surface area contributed by atoms with Crippen molar-refractivity contribution >= 4 is 40.7 Å². The van der Waals surface area contributed by atoms with Crippen LogP contribution in [0.25, 0.3) is 0 Å². The number of nitrogens with one attached hydrogen (secondary N) is 2. The molecule has 180 valence electrons. The second-order valence-corrected chi connectivity index (χ2v) is 10.8. The number of carbonyl (C=O) groups is 2. The van der Waals surface area contributed by atoms with E-state index in [1.165, 1.54) is 6.42 Å². The summed E-state index contributed by atoms with van der Waals surface area (Å²) < 4.78 is 0. The van der Waals surface area contributed by atoms with Crippen LogP contribution in [0.1, 0.15) is 62.5 Å². The van der Waals surface area contributed by atoms with Crippen molar-refractivity contribution < 1.29 is 9.59 Å². The number of rotatable bonds is 7. The van der Waals surface area contributed by atoms with E-state index in [1.807, 2.05) is 36.4 Å². The third-order valence-corrected chi connectivity index (χ3v) is 8.16. The molecule has 0 bridgehead atoms. The van der Waals surface area contributed by atoms with Gasteiger partial charge in [-0.3, -0.25) is 14.5 Å². The number of carbonyl (C=O) groups excluding carboxylic acids is 2. The highest BCUT2D eigenvalue weighted by atomic mass is 35.5. The zero-order chi connectivity index (χ0) is 23.7. The van der Waals surface area contributed by atoms with Gasteiger partial charge in [-0.1, -0.05) is 67.1 Å². The first kappa shape index (κ1) is 23.7. The maximum absolute atomic E-state index is 13.9. The van der Waals surface area contributed by atoms with Crippen molar-refractivity contribution in [3.63, 3.8) is 0 Å². The van der Waals surface area contributed by atoms with Crippen LogP contribution in [0, 0.1) is 0 Å². The van der Waals surface area contributed by atoms with E-state index in [0.717, 1.165) is 61.8 Å². The van der Waals surface area contributed by atoms with E-state index < -0.39 is 5.54 Å². The molecule has 0 radical (unpaired) electrons. The van der Waals surface area contributed by atoms with Gasteiger partial charge < -0.3 is 10.6 Å². The van der Waals surface area contributed by atoms with Crippen LogP contribution in [-0.2, 0) is 21.5 Å². The molecule has 2 saturated carbocycles. The Kier molecular flexibility index (Phi) is 6.88. The molecule has 2 N–H and O–H groups in total. The van der Waals surface area contributed by atoms with E-state index in [4.69, 9.17) is 23.2 Å². The zero-order valence-electron chi connectivity index (χ0n) is 19.3. The number of nitrogens with zero attached hydrogens (tertiary/aromatic N) is 1. The summed E-state index contributed by atoms with van der Waals surface area (Å²) in [6.45, 7) is 0.192. The number of halogens is 2. The van der Waals surface area contributed by atoms with Crippen molar-refractivity contribution in [3.05, 3.63) is 63.6 Å². The number of hydrogen-bond acceptors (Lipinski definition) is 3. The van der Waals surface area contributed by atoms with Crippen molar-refractivity contribution in [2.75, 3.05) is 11.9 Å².